The molecule has 0 spiro atoms. The van der Waals surface area contributed by atoms with E-state index in [-0.39, 0.29) is 5.56 Å². The number of fused-ring (bicyclic) bond motifs is 1. The Morgan fingerprint density at radius 3 is 2.69 bits per heavy atom. The van der Waals surface area contributed by atoms with Gasteiger partial charge in [0.15, 0.2) is 5.16 Å². The van der Waals surface area contributed by atoms with E-state index in [1.54, 1.807) is 6.20 Å². The van der Waals surface area contributed by atoms with Crippen LogP contribution in [0.2, 0.25) is 0 Å². The van der Waals surface area contributed by atoms with Crippen LogP contribution in [-0.2, 0) is 25.7 Å². The smallest absolute Gasteiger partial charge is 0.301 e. The molecule has 152 valence electrons. The summed E-state index contributed by atoms with van der Waals surface area (Å²) in [6.45, 7) is 1.72. The fourth-order valence-electron chi connectivity index (χ4n) is 3.44. The molecule has 4 rings (SSSR count). The highest BCUT2D eigenvalue weighted by Gasteiger charge is 2.30. The van der Waals surface area contributed by atoms with Gasteiger partial charge < -0.3 is 4.98 Å². The molecule has 0 fully saturated rings. The van der Waals surface area contributed by atoms with Gasteiger partial charge in [-0.2, -0.15) is 18.3 Å². The van der Waals surface area contributed by atoms with Crippen LogP contribution in [0.5, 0.6) is 0 Å². The van der Waals surface area contributed by atoms with Crippen LogP contribution < -0.4 is 5.56 Å². The highest BCUT2D eigenvalue weighted by molar-refractivity contribution is 7.98. The van der Waals surface area contributed by atoms with Gasteiger partial charge in [0.2, 0.25) is 0 Å². The van der Waals surface area contributed by atoms with Gasteiger partial charge in [-0.3, -0.25) is 14.8 Å². The number of thioether (sulfide) groups is 1. The van der Waals surface area contributed by atoms with E-state index in [9.17, 15) is 18.0 Å². The van der Waals surface area contributed by atoms with E-state index in [1.165, 1.54) is 23.9 Å². The first-order valence-electron chi connectivity index (χ1n) is 8.93. The maximum atomic E-state index is 12.8. The minimum absolute atomic E-state index is 0.126. The number of rotatable bonds is 4. The normalized spacial score (nSPS) is 14.8. The first-order valence-corrected chi connectivity index (χ1v) is 10.2. The molecule has 0 amide bonds. The Labute approximate surface area is 168 Å². The van der Waals surface area contributed by atoms with E-state index in [1.807, 2.05) is 6.26 Å². The number of halogens is 3. The molecule has 0 radical (unpaired) electrons. The van der Waals surface area contributed by atoms with Gasteiger partial charge in [-0.05, 0) is 24.0 Å². The second-order valence-corrected chi connectivity index (χ2v) is 7.60. The Bertz CT molecular complexity index is 1070. The van der Waals surface area contributed by atoms with Crippen LogP contribution in [0.1, 0.15) is 22.4 Å². The zero-order valence-corrected chi connectivity index (χ0v) is 16.3. The van der Waals surface area contributed by atoms with E-state index < -0.39 is 11.7 Å². The van der Waals surface area contributed by atoms with Crippen LogP contribution in [0.15, 0.2) is 40.4 Å². The summed E-state index contributed by atoms with van der Waals surface area (Å²) in [6.07, 6.45) is -0.169. The fraction of sp³-hybridized carbons (Fsp3) is 0.316. The van der Waals surface area contributed by atoms with Crippen molar-refractivity contribution in [2.24, 2.45) is 0 Å². The van der Waals surface area contributed by atoms with Gasteiger partial charge in [0.25, 0.3) is 5.56 Å². The minimum Gasteiger partial charge on any atom is -0.301 e. The predicted molar refractivity (Wildman–Crippen MR) is 103 cm³/mol. The van der Waals surface area contributed by atoms with E-state index >= 15 is 0 Å². The molecular formula is C19H18F3N5OS. The number of benzene rings is 1. The van der Waals surface area contributed by atoms with Gasteiger partial charge in [-0.1, -0.05) is 23.9 Å². The lowest BCUT2D eigenvalue weighted by molar-refractivity contribution is -0.137. The van der Waals surface area contributed by atoms with Crippen LogP contribution in [0.3, 0.4) is 0 Å². The molecule has 0 aliphatic carbocycles. The molecule has 0 saturated carbocycles. The lowest BCUT2D eigenvalue weighted by Gasteiger charge is -2.27. The first kappa shape index (κ1) is 19.7. The quantitative estimate of drug-likeness (QED) is 0.498. The summed E-state index contributed by atoms with van der Waals surface area (Å²) in [7, 11) is 0. The molecule has 29 heavy (non-hydrogen) atoms. The molecular weight excluding hydrogens is 403 g/mol. The van der Waals surface area contributed by atoms with Gasteiger partial charge in [0, 0.05) is 31.6 Å². The molecule has 2 aromatic heterocycles. The summed E-state index contributed by atoms with van der Waals surface area (Å²) < 4.78 is 38.4. The second kappa shape index (κ2) is 7.68. The van der Waals surface area contributed by atoms with Crippen LogP contribution >= 0.6 is 11.8 Å². The first-order chi connectivity index (χ1) is 13.8. The monoisotopic (exact) mass is 421 g/mol. The summed E-state index contributed by atoms with van der Waals surface area (Å²) in [6, 6.07) is 4.99. The number of hydrogen-bond donors (Lipinski definition) is 2. The van der Waals surface area contributed by atoms with Crippen molar-refractivity contribution < 1.29 is 13.2 Å². The van der Waals surface area contributed by atoms with Gasteiger partial charge >= 0.3 is 6.18 Å². The number of alkyl halides is 3. The molecule has 1 aliphatic rings. The summed E-state index contributed by atoms with van der Waals surface area (Å²) >= 11 is 1.40. The average Bonchev–Trinajstić information content (AvgIpc) is 3.15. The van der Waals surface area contributed by atoms with Gasteiger partial charge in [0.1, 0.15) is 0 Å². The minimum atomic E-state index is -4.37. The van der Waals surface area contributed by atoms with Gasteiger partial charge in [0.05, 0.1) is 28.7 Å². The number of hydrogen-bond acceptors (Lipinski definition) is 5. The Hall–Kier alpha value is -2.59. The van der Waals surface area contributed by atoms with Crippen molar-refractivity contribution in [3.8, 4) is 11.3 Å². The molecule has 0 unspecified atom stereocenters. The van der Waals surface area contributed by atoms with Crippen molar-refractivity contribution in [3.05, 3.63) is 63.2 Å². The van der Waals surface area contributed by atoms with Crippen LogP contribution in [0.25, 0.3) is 11.3 Å². The summed E-state index contributed by atoms with van der Waals surface area (Å²) in [5.74, 6) is 0. The van der Waals surface area contributed by atoms with E-state index in [2.05, 4.69) is 25.1 Å². The van der Waals surface area contributed by atoms with E-state index in [0.29, 0.717) is 41.5 Å². The van der Waals surface area contributed by atoms with E-state index in [0.717, 1.165) is 29.9 Å². The van der Waals surface area contributed by atoms with Crippen molar-refractivity contribution in [1.82, 2.24) is 25.1 Å². The molecule has 0 bridgehead atoms. The third kappa shape index (κ3) is 4.08. The van der Waals surface area contributed by atoms with Crippen molar-refractivity contribution >= 4 is 11.8 Å². The highest BCUT2D eigenvalue weighted by Crippen LogP contribution is 2.31. The zero-order valence-electron chi connectivity index (χ0n) is 15.5. The number of aromatic nitrogens is 4. The standard InChI is InChI=1S/C19H18F3N5OS/c1-29-18-24-15-6-7-27(10-14(15)17(28)25-18)9-12-8-23-26-16(12)11-2-4-13(5-3-11)19(20,21)22/h2-5,8H,6-7,9-10H2,1H3,(H,23,26)(H,24,25,28). The summed E-state index contributed by atoms with van der Waals surface area (Å²) in [5, 5.41) is 7.55. The maximum Gasteiger partial charge on any atom is 0.416 e. The van der Waals surface area contributed by atoms with Gasteiger partial charge in [-0.15, -0.1) is 0 Å². The number of nitrogens with zero attached hydrogens (tertiary/aromatic N) is 3. The van der Waals surface area contributed by atoms with Crippen molar-refractivity contribution in [3.63, 3.8) is 0 Å². The topological polar surface area (TPSA) is 77.7 Å². The number of aromatic amines is 2. The fourth-order valence-corrected chi connectivity index (χ4v) is 3.83. The third-order valence-electron chi connectivity index (χ3n) is 4.93. The Kier molecular flexibility index (Phi) is 5.22. The lowest BCUT2D eigenvalue weighted by atomic mass is 10.0. The van der Waals surface area contributed by atoms with Crippen LogP contribution in [-0.4, -0.2) is 37.9 Å². The average molecular weight is 421 g/mol. The van der Waals surface area contributed by atoms with Crippen LogP contribution in [0, 0.1) is 0 Å². The van der Waals surface area contributed by atoms with E-state index in [4.69, 9.17) is 0 Å². The zero-order chi connectivity index (χ0) is 20.6. The molecule has 10 heteroatoms. The highest BCUT2D eigenvalue weighted by atomic mass is 32.2. The molecule has 0 atom stereocenters. The van der Waals surface area contributed by atoms with Crippen molar-refractivity contribution in [2.45, 2.75) is 30.8 Å². The predicted octanol–water partition coefficient (Wildman–Crippen LogP) is 3.46. The van der Waals surface area contributed by atoms with Crippen LogP contribution in [0.4, 0.5) is 13.2 Å². The summed E-state index contributed by atoms with van der Waals surface area (Å²) in [5.41, 5.74) is 2.84. The molecule has 3 heterocycles. The largest absolute Gasteiger partial charge is 0.416 e. The second-order valence-electron chi connectivity index (χ2n) is 6.81. The van der Waals surface area contributed by atoms with Crippen molar-refractivity contribution in [1.29, 1.82) is 0 Å². The molecule has 0 saturated heterocycles. The molecule has 2 N–H and O–H groups in total. The Morgan fingerprint density at radius 2 is 2.00 bits per heavy atom. The SMILES string of the molecule is CSc1nc2c(c(=O)[nH]1)CN(Cc1cn[nH]c1-c1ccc(C(F)(F)F)cc1)CC2. The lowest BCUT2D eigenvalue weighted by Crippen LogP contribution is -2.35. The van der Waals surface area contributed by atoms with Gasteiger partial charge in [-0.25, -0.2) is 4.98 Å². The number of nitrogens with one attached hydrogen (secondary N) is 2. The summed E-state index contributed by atoms with van der Waals surface area (Å²) in [4.78, 5) is 21.7. The maximum absolute atomic E-state index is 12.8. The number of H-pyrrole nitrogens is 2. The Balaban J connectivity index is 1.54. The third-order valence-corrected chi connectivity index (χ3v) is 5.51. The molecule has 1 aromatic carbocycles. The molecule has 3 aromatic rings. The van der Waals surface area contributed by atoms with Crippen molar-refractivity contribution in [2.75, 3.05) is 12.8 Å². The molecule has 1 aliphatic heterocycles. The Morgan fingerprint density at radius 1 is 1.24 bits per heavy atom. The molecule has 6 nitrogen and oxygen atoms in total.